The first-order chi connectivity index (χ1) is 16.0. The molecule has 1 saturated heterocycles. The van der Waals surface area contributed by atoms with Gasteiger partial charge in [-0.2, -0.15) is 0 Å². The monoisotopic (exact) mass is 473 g/mol. The number of amides is 2. The number of hydrogen-bond acceptors (Lipinski definition) is 9. The topological polar surface area (TPSA) is 172 Å². The minimum absolute atomic E-state index is 0.0676. The molecule has 3 atom stereocenters. The van der Waals surface area contributed by atoms with Crippen molar-refractivity contribution in [2.75, 3.05) is 6.54 Å². The van der Waals surface area contributed by atoms with Crippen LogP contribution in [0.3, 0.4) is 0 Å². The standard InChI is InChI=1S/C23H31N5O6/c1-11(2)17(24)23(33)28-7-5-6-16(28)20(32)25-18(12(3)4)19(31)22-27-26-21(34-22)13-8-14(29)10-15(30)9-13/h8-12,16-18,29-30H,5-7,24H2,1-4H3,(H,25,32)/t16-,17-,18-/m0/s1. The second-order valence-electron chi connectivity index (χ2n) is 9.20. The van der Waals surface area contributed by atoms with Crippen LogP contribution < -0.4 is 11.1 Å². The number of likely N-dealkylation sites (tertiary alicyclic amines) is 1. The number of benzene rings is 1. The SMILES string of the molecule is CC(C)[C@H](N)C(=O)N1CCC[C@H]1C(=O)N[C@H](C(=O)c1nnc(-c2cc(O)cc(O)c2)o1)C(C)C. The molecule has 184 valence electrons. The number of phenolic OH excluding ortho intramolecular Hbond substituents is 2. The van der Waals surface area contributed by atoms with Gasteiger partial charge in [-0.05, 0) is 36.8 Å². The maximum atomic E-state index is 13.1. The first kappa shape index (κ1) is 25.2. The normalized spacial score (nSPS) is 17.7. The van der Waals surface area contributed by atoms with E-state index in [1.807, 2.05) is 13.8 Å². The maximum Gasteiger partial charge on any atom is 0.286 e. The van der Waals surface area contributed by atoms with E-state index >= 15 is 0 Å². The van der Waals surface area contributed by atoms with Gasteiger partial charge in [-0.1, -0.05) is 27.7 Å². The quantitative estimate of drug-likeness (QED) is 0.414. The predicted octanol–water partition coefficient (Wildman–Crippen LogP) is 1.45. The van der Waals surface area contributed by atoms with E-state index in [0.717, 1.165) is 6.07 Å². The fourth-order valence-electron chi connectivity index (χ4n) is 3.86. The lowest BCUT2D eigenvalue weighted by Gasteiger charge is -2.29. The molecule has 0 bridgehead atoms. The highest BCUT2D eigenvalue weighted by atomic mass is 16.4. The summed E-state index contributed by atoms with van der Waals surface area (Å²) in [6, 6.07) is 1.37. The molecule has 34 heavy (non-hydrogen) atoms. The van der Waals surface area contributed by atoms with Crippen molar-refractivity contribution in [3.05, 3.63) is 24.1 Å². The molecule has 11 nitrogen and oxygen atoms in total. The number of Topliss-reactive ketones (excluding diaryl/α,β-unsaturated/α-hetero) is 1. The summed E-state index contributed by atoms with van der Waals surface area (Å²) in [6.07, 6.45) is 1.14. The molecule has 3 rings (SSSR count). The fourth-order valence-corrected chi connectivity index (χ4v) is 3.86. The smallest absolute Gasteiger partial charge is 0.286 e. The minimum Gasteiger partial charge on any atom is -0.508 e. The van der Waals surface area contributed by atoms with Crippen LogP contribution >= 0.6 is 0 Å². The van der Waals surface area contributed by atoms with E-state index in [-0.39, 0.29) is 46.6 Å². The third-order valence-corrected chi connectivity index (χ3v) is 5.87. The van der Waals surface area contributed by atoms with Gasteiger partial charge in [0.05, 0.1) is 12.1 Å². The number of aromatic nitrogens is 2. The summed E-state index contributed by atoms with van der Waals surface area (Å²) < 4.78 is 5.47. The summed E-state index contributed by atoms with van der Waals surface area (Å²) in [7, 11) is 0. The van der Waals surface area contributed by atoms with Gasteiger partial charge in [-0.3, -0.25) is 14.4 Å². The van der Waals surface area contributed by atoms with Gasteiger partial charge < -0.3 is 30.6 Å². The lowest BCUT2D eigenvalue weighted by atomic mass is 9.98. The van der Waals surface area contributed by atoms with Crippen LogP contribution in [-0.4, -0.2) is 67.6 Å². The van der Waals surface area contributed by atoms with Crippen LogP contribution in [0.25, 0.3) is 11.5 Å². The second-order valence-corrected chi connectivity index (χ2v) is 9.20. The van der Waals surface area contributed by atoms with Gasteiger partial charge in [0.2, 0.25) is 23.5 Å². The van der Waals surface area contributed by atoms with Crippen molar-refractivity contribution in [3.63, 3.8) is 0 Å². The maximum absolute atomic E-state index is 13.1. The number of nitrogens with two attached hydrogens (primary N) is 1. The van der Waals surface area contributed by atoms with E-state index in [2.05, 4.69) is 15.5 Å². The third-order valence-electron chi connectivity index (χ3n) is 5.87. The molecule has 1 aromatic carbocycles. The van der Waals surface area contributed by atoms with Crippen LogP contribution in [0, 0.1) is 11.8 Å². The molecule has 0 radical (unpaired) electrons. The average Bonchev–Trinajstić information content (AvgIpc) is 3.45. The van der Waals surface area contributed by atoms with Crippen LogP contribution in [0.1, 0.15) is 51.2 Å². The lowest BCUT2D eigenvalue weighted by molar-refractivity contribution is -0.140. The summed E-state index contributed by atoms with van der Waals surface area (Å²) in [5.41, 5.74) is 6.24. The fraction of sp³-hybridized carbons (Fsp3) is 0.522. The van der Waals surface area contributed by atoms with Crippen molar-refractivity contribution in [1.82, 2.24) is 20.4 Å². The molecule has 2 aromatic rings. The molecule has 5 N–H and O–H groups in total. The van der Waals surface area contributed by atoms with Crippen molar-refractivity contribution in [2.45, 2.75) is 58.7 Å². The van der Waals surface area contributed by atoms with E-state index in [1.165, 1.54) is 17.0 Å². The van der Waals surface area contributed by atoms with Gasteiger partial charge in [-0.25, -0.2) is 0 Å². The molecular formula is C23H31N5O6. The highest BCUT2D eigenvalue weighted by molar-refractivity contribution is 6.00. The first-order valence-corrected chi connectivity index (χ1v) is 11.3. The molecule has 1 aromatic heterocycles. The molecule has 0 spiro atoms. The summed E-state index contributed by atoms with van der Waals surface area (Å²) in [4.78, 5) is 40.4. The first-order valence-electron chi connectivity index (χ1n) is 11.3. The van der Waals surface area contributed by atoms with Crippen molar-refractivity contribution >= 4 is 17.6 Å². The van der Waals surface area contributed by atoms with Gasteiger partial charge in [0, 0.05) is 18.2 Å². The lowest BCUT2D eigenvalue weighted by Crippen LogP contribution is -2.55. The van der Waals surface area contributed by atoms with Crippen molar-refractivity contribution < 1.29 is 29.0 Å². The van der Waals surface area contributed by atoms with E-state index in [1.54, 1.807) is 13.8 Å². The number of aromatic hydroxyl groups is 2. The van der Waals surface area contributed by atoms with E-state index in [0.29, 0.717) is 19.4 Å². The Morgan fingerprint density at radius 1 is 1.09 bits per heavy atom. The van der Waals surface area contributed by atoms with E-state index in [4.69, 9.17) is 10.2 Å². The van der Waals surface area contributed by atoms with Crippen LogP contribution in [0.2, 0.25) is 0 Å². The minimum atomic E-state index is -0.963. The van der Waals surface area contributed by atoms with Crippen molar-refractivity contribution in [1.29, 1.82) is 0 Å². The van der Waals surface area contributed by atoms with Crippen molar-refractivity contribution in [3.8, 4) is 23.0 Å². The van der Waals surface area contributed by atoms with Gasteiger partial charge in [0.25, 0.3) is 5.89 Å². The molecule has 2 heterocycles. The highest BCUT2D eigenvalue weighted by Crippen LogP contribution is 2.28. The number of rotatable bonds is 8. The molecular weight excluding hydrogens is 442 g/mol. The largest absolute Gasteiger partial charge is 0.508 e. The summed E-state index contributed by atoms with van der Waals surface area (Å²) in [5, 5.41) is 29.7. The Labute approximate surface area is 197 Å². The second kappa shape index (κ2) is 10.2. The van der Waals surface area contributed by atoms with E-state index < -0.39 is 29.8 Å². The summed E-state index contributed by atoms with van der Waals surface area (Å²) >= 11 is 0. The van der Waals surface area contributed by atoms with Crippen LogP contribution in [0.4, 0.5) is 0 Å². The van der Waals surface area contributed by atoms with Crippen LogP contribution in [0.15, 0.2) is 22.6 Å². The van der Waals surface area contributed by atoms with Gasteiger partial charge in [0.1, 0.15) is 17.5 Å². The number of ketones is 1. The van der Waals surface area contributed by atoms with E-state index in [9.17, 15) is 24.6 Å². The van der Waals surface area contributed by atoms with Crippen molar-refractivity contribution in [2.24, 2.45) is 17.6 Å². The molecule has 2 amide bonds. The summed E-state index contributed by atoms with van der Waals surface area (Å²) in [6.45, 7) is 7.65. The Morgan fingerprint density at radius 2 is 1.74 bits per heavy atom. The zero-order valence-electron chi connectivity index (χ0n) is 19.7. The molecule has 1 fully saturated rings. The van der Waals surface area contributed by atoms with Gasteiger partial charge in [0.15, 0.2) is 0 Å². The molecule has 1 aliphatic rings. The number of nitrogens with one attached hydrogen (secondary N) is 1. The molecule has 0 saturated carbocycles. The number of nitrogens with zero attached hydrogens (tertiary/aromatic N) is 3. The Bertz CT molecular complexity index is 1050. The number of carbonyl (C=O) groups is 3. The summed E-state index contributed by atoms with van der Waals surface area (Å²) in [5.74, 6) is -2.48. The average molecular weight is 474 g/mol. The zero-order valence-corrected chi connectivity index (χ0v) is 19.7. The predicted molar refractivity (Wildman–Crippen MR) is 122 cm³/mol. The Balaban J connectivity index is 1.76. The molecule has 0 unspecified atom stereocenters. The number of hydrogen-bond donors (Lipinski definition) is 4. The Kier molecular flexibility index (Phi) is 7.55. The Hall–Kier alpha value is -3.47. The molecule has 1 aliphatic heterocycles. The Morgan fingerprint density at radius 3 is 2.32 bits per heavy atom. The number of phenols is 2. The van der Waals surface area contributed by atoms with Crippen LogP contribution in [0.5, 0.6) is 11.5 Å². The molecule has 0 aliphatic carbocycles. The van der Waals surface area contributed by atoms with Crippen LogP contribution in [-0.2, 0) is 9.59 Å². The zero-order chi connectivity index (χ0) is 25.2. The van der Waals surface area contributed by atoms with Gasteiger partial charge >= 0.3 is 0 Å². The molecule has 11 heteroatoms. The van der Waals surface area contributed by atoms with Gasteiger partial charge in [-0.15, -0.1) is 10.2 Å². The number of carbonyl (C=O) groups excluding carboxylic acids is 3. The highest BCUT2D eigenvalue weighted by Gasteiger charge is 2.39. The third kappa shape index (κ3) is 5.36.